The van der Waals surface area contributed by atoms with Gasteiger partial charge in [-0.25, -0.2) is 0 Å². The molecule has 0 aliphatic rings. The Kier molecular flexibility index (Phi) is 5.11. The van der Waals surface area contributed by atoms with Gasteiger partial charge in [0.05, 0.1) is 12.3 Å². The molecule has 0 aliphatic carbocycles. The molecule has 28 heavy (non-hydrogen) atoms. The van der Waals surface area contributed by atoms with Gasteiger partial charge in [0.15, 0.2) is 5.76 Å². The highest BCUT2D eigenvalue weighted by molar-refractivity contribution is 5.94. The Morgan fingerprint density at radius 2 is 1.71 bits per heavy atom. The van der Waals surface area contributed by atoms with Gasteiger partial charge in [-0.3, -0.25) is 4.79 Å². The Morgan fingerprint density at radius 3 is 2.57 bits per heavy atom. The van der Waals surface area contributed by atoms with Crippen molar-refractivity contribution in [3.63, 3.8) is 0 Å². The average Bonchev–Trinajstić information content (AvgIpc) is 3.21. The van der Waals surface area contributed by atoms with Crippen LogP contribution in [-0.4, -0.2) is 5.91 Å². The number of hydrogen-bond acceptors (Lipinski definition) is 3. The van der Waals surface area contributed by atoms with Crippen molar-refractivity contribution in [1.82, 2.24) is 5.32 Å². The summed E-state index contributed by atoms with van der Waals surface area (Å²) in [6.45, 7) is 2.24. The number of hydrogen-bond donors (Lipinski definition) is 1. The second-order valence-corrected chi connectivity index (χ2v) is 6.64. The molecule has 1 heterocycles. The lowest BCUT2D eigenvalue weighted by molar-refractivity contribution is 0.0908. The normalized spacial score (nSPS) is 11.9. The Hall–Kier alpha value is -3.53. The van der Waals surface area contributed by atoms with Crippen LogP contribution in [0.25, 0.3) is 10.8 Å². The molecule has 1 atom stereocenters. The largest absolute Gasteiger partial charge is 0.489 e. The summed E-state index contributed by atoms with van der Waals surface area (Å²) in [5.74, 6) is 0.777. The highest BCUT2D eigenvalue weighted by Gasteiger charge is 2.19. The van der Waals surface area contributed by atoms with E-state index in [0.717, 1.165) is 22.1 Å². The molecule has 4 aromatic rings. The zero-order valence-corrected chi connectivity index (χ0v) is 15.6. The number of benzene rings is 3. The molecular weight excluding hydrogens is 350 g/mol. The predicted octanol–water partition coefficient (Wildman–Crippen LogP) is 5.50. The molecule has 0 bridgehead atoms. The monoisotopic (exact) mass is 371 g/mol. The van der Waals surface area contributed by atoms with Crippen molar-refractivity contribution >= 4 is 16.7 Å². The number of nitrogens with one attached hydrogen (secondary N) is 1. The highest BCUT2D eigenvalue weighted by Crippen LogP contribution is 2.25. The van der Waals surface area contributed by atoms with Crippen molar-refractivity contribution in [2.24, 2.45) is 0 Å². The molecule has 4 rings (SSSR count). The Morgan fingerprint density at radius 1 is 0.964 bits per heavy atom. The van der Waals surface area contributed by atoms with Crippen molar-refractivity contribution in [1.29, 1.82) is 0 Å². The minimum absolute atomic E-state index is 0.161. The molecule has 1 amide bonds. The van der Waals surface area contributed by atoms with E-state index in [1.54, 1.807) is 6.07 Å². The second kappa shape index (κ2) is 8.01. The number of amides is 1. The number of furan rings is 1. The van der Waals surface area contributed by atoms with E-state index in [0.29, 0.717) is 5.56 Å². The Bertz CT molecular complexity index is 1080. The lowest BCUT2D eigenvalue weighted by Gasteiger charge is -2.16. The van der Waals surface area contributed by atoms with Gasteiger partial charge in [0.25, 0.3) is 5.91 Å². The van der Waals surface area contributed by atoms with Crippen LogP contribution in [-0.2, 0) is 6.61 Å². The summed E-state index contributed by atoms with van der Waals surface area (Å²) in [4.78, 5) is 12.8. The quantitative estimate of drug-likeness (QED) is 0.487. The third kappa shape index (κ3) is 3.76. The first-order chi connectivity index (χ1) is 13.7. The van der Waals surface area contributed by atoms with E-state index in [1.807, 2.05) is 61.5 Å². The van der Waals surface area contributed by atoms with E-state index in [9.17, 15) is 4.79 Å². The van der Waals surface area contributed by atoms with Crippen molar-refractivity contribution in [3.05, 3.63) is 102 Å². The maximum atomic E-state index is 12.8. The smallest absolute Gasteiger partial charge is 0.287 e. The summed E-state index contributed by atoms with van der Waals surface area (Å²) in [5, 5.41) is 5.32. The summed E-state index contributed by atoms with van der Waals surface area (Å²) in [6, 6.07) is 25.4. The minimum Gasteiger partial charge on any atom is -0.489 e. The Labute approximate surface area is 163 Å². The maximum absolute atomic E-state index is 12.8. The van der Waals surface area contributed by atoms with Gasteiger partial charge in [0.1, 0.15) is 12.4 Å². The van der Waals surface area contributed by atoms with Crippen LogP contribution in [0, 0.1) is 0 Å². The van der Waals surface area contributed by atoms with Crippen molar-refractivity contribution in [3.8, 4) is 5.75 Å². The van der Waals surface area contributed by atoms with Gasteiger partial charge >= 0.3 is 0 Å². The van der Waals surface area contributed by atoms with Crippen molar-refractivity contribution in [2.75, 3.05) is 0 Å². The van der Waals surface area contributed by atoms with E-state index in [2.05, 4.69) is 23.5 Å². The van der Waals surface area contributed by atoms with Crippen LogP contribution in [0.1, 0.15) is 34.6 Å². The van der Waals surface area contributed by atoms with Crippen LogP contribution < -0.4 is 10.1 Å². The number of carbonyl (C=O) groups is 1. The molecule has 0 unspecified atom stereocenters. The van der Waals surface area contributed by atoms with E-state index in [1.165, 1.54) is 6.26 Å². The van der Waals surface area contributed by atoms with E-state index >= 15 is 0 Å². The van der Waals surface area contributed by atoms with Gasteiger partial charge in [-0.1, -0.05) is 60.7 Å². The van der Waals surface area contributed by atoms with Crippen LogP contribution in [0.3, 0.4) is 0 Å². The van der Waals surface area contributed by atoms with Gasteiger partial charge in [-0.2, -0.15) is 0 Å². The summed E-state index contributed by atoms with van der Waals surface area (Å²) >= 11 is 0. The molecule has 1 aromatic heterocycles. The van der Waals surface area contributed by atoms with Gasteiger partial charge in [0.2, 0.25) is 0 Å². The van der Waals surface area contributed by atoms with E-state index in [-0.39, 0.29) is 24.3 Å². The molecule has 0 aliphatic heterocycles. The first-order valence-electron chi connectivity index (χ1n) is 9.25. The number of para-hydroxylation sites is 1. The van der Waals surface area contributed by atoms with Gasteiger partial charge in [0, 0.05) is 5.56 Å². The summed E-state index contributed by atoms with van der Waals surface area (Å²) < 4.78 is 11.2. The molecule has 4 nitrogen and oxygen atoms in total. The molecule has 0 spiro atoms. The summed E-state index contributed by atoms with van der Waals surface area (Å²) in [6.07, 6.45) is 1.52. The number of rotatable bonds is 6. The molecule has 140 valence electrons. The average molecular weight is 371 g/mol. The topological polar surface area (TPSA) is 51.5 Å². The second-order valence-electron chi connectivity index (χ2n) is 6.64. The number of carbonyl (C=O) groups excluding carboxylic acids is 1. The molecule has 4 heteroatoms. The molecule has 0 saturated heterocycles. The lowest BCUT2D eigenvalue weighted by atomic mass is 9.99. The van der Waals surface area contributed by atoms with E-state index in [4.69, 9.17) is 9.15 Å². The Balaban J connectivity index is 1.49. The zero-order valence-electron chi connectivity index (χ0n) is 15.6. The third-order valence-corrected chi connectivity index (χ3v) is 4.73. The fraction of sp³-hybridized carbons (Fsp3) is 0.125. The minimum atomic E-state index is -0.253. The molecular formula is C24H21NO3. The third-order valence-electron chi connectivity index (χ3n) is 4.73. The van der Waals surface area contributed by atoms with Crippen molar-refractivity contribution in [2.45, 2.75) is 19.6 Å². The van der Waals surface area contributed by atoms with Gasteiger partial charge < -0.3 is 14.5 Å². The molecule has 0 saturated carbocycles. The SMILES string of the molecule is C[C@@H](NC(=O)c1occc1COc1ccccc1)c1cccc2ccccc12. The van der Waals surface area contributed by atoms with Crippen LogP contribution in [0.15, 0.2) is 89.5 Å². The highest BCUT2D eigenvalue weighted by atomic mass is 16.5. The maximum Gasteiger partial charge on any atom is 0.287 e. The summed E-state index contributed by atoms with van der Waals surface area (Å²) in [7, 11) is 0. The first-order valence-corrected chi connectivity index (χ1v) is 9.25. The number of fused-ring (bicyclic) bond motifs is 1. The lowest BCUT2D eigenvalue weighted by Crippen LogP contribution is -2.27. The van der Waals surface area contributed by atoms with Crippen LogP contribution in [0.2, 0.25) is 0 Å². The fourth-order valence-corrected chi connectivity index (χ4v) is 3.29. The molecule has 1 N–H and O–H groups in total. The van der Waals surface area contributed by atoms with Crippen LogP contribution in [0.5, 0.6) is 5.75 Å². The van der Waals surface area contributed by atoms with Crippen LogP contribution in [0.4, 0.5) is 0 Å². The number of ether oxygens (including phenoxy) is 1. The van der Waals surface area contributed by atoms with E-state index < -0.39 is 0 Å². The van der Waals surface area contributed by atoms with Crippen molar-refractivity contribution < 1.29 is 13.9 Å². The molecule has 0 fully saturated rings. The first kappa shape index (κ1) is 17.9. The standard InChI is InChI=1S/C24H21NO3/c1-17(21-13-7-9-18-8-5-6-12-22(18)21)25-24(26)23-19(14-15-27-23)16-28-20-10-3-2-4-11-20/h2-15,17H,16H2,1H3,(H,25,26)/t17-/m1/s1. The molecule has 3 aromatic carbocycles. The fourth-order valence-electron chi connectivity index (χ4n) is 3.29. The van der Waals surface area contributed by atoms with Crippen LogP contribution >= 0.6 is 0 Å². The van der Waals surface area contributed by atoms with Gasteiger partial charge in [-0.15, -0.1) is 0 Å². The summed E-state index contributed by atoms with van der Waals surface area (Å²) in [5.41, 5.74) is 1.78. The predicted molar refractivity (Wildman–Crippen MR) is 109 cm³/mol. The van der Waals surface area contributed by atoms with Gasteiger partial charge in [-0.05, 0) is 41.5 Å². The molecule has 0 radical (unpaired) electrons. The zero-order chi connectivity index (χ0) is 19.3.